The molecule has 0 aliphatic heterocycles. The summed E-state index contributed by atoms with van der Waals surface area (Å²) in [5, 5.41) is 3.75. The molecule has 1 N–H and O–H groups in total. The van der Waals surface area contributed by atoms with E-state index in [0.29, 0.717) is 11.4 Å². The molecular formula is C21H22F3N5OS. The van der Waals surface area contributed by atoms with E-state index in [4.69, 9.17) is 0 Å². The van der Waals surface area contributed by atoms with E-state index in [2.05, 4.69) is 15.3 Å². The highest BCUT2D eigenvalue weighted by Crippen LogP contribution is 2.22. The van der Waals surface area contributed by atoms with Crippen LogP contribution in [0.25, 0.3) is 0 Å². The summed E-state index contributed by atoms with van der Waals surface area (Å²) in [5.74, 6) is 0.704. The van der Waals surface area contributed by atoms with Gasteiger partial charge in [-0.1, -0.05) is 18.2 Å². The molecule has 2 heterocycles. The Hall–Kier alpha value is -2.85. The number of carbonyl (C=O) groups excluding carboxylic acids is 1. The summed E-state index contributed by atoms with van der Waals surface area (Å²) in [5.41, 5.74) is 1.70. The molecule has 3 aromatic rings. The van der Waals surface area contributed by atoms with Gasteiger partial charge >= 0.3 is 6.18 Å². The number of benzene rings is 1. The number of anilines is 1. The van der Waals surface area contributed by atoms with Gasteiger partial charge < -0.3 is 9.88 Å². The SMILES string of the molecule is CN(CC(=O)Nc1cccc(CSc2ccccn2)c1)Cc1nccn1CC(F)(F)F. The topological polar surface area (TPSA) is 63.1 Å². The zero-order valence-corrected chi connectivity index (χ0v) is 17.7. The van der Waals surface area contributed by atoms with Gasteiger partial charge in [-0.3, -0.25) is 9.69 Å². The Kier molecular flexibility index (Phi) is 7.69. The van der Waals surface area contributed by atoms with E-state index >= 15 is 0 Å². The molecule has 0 aliphatic rings. The Morgan fingerprint density at radius 2 is 2.00 bits per heavy atom. The number of imidazole rings is 1. The lowest BCUT2D eigenvalue weighted by molar-refractivity contribution is -0.141. The minimum atomic E-state index is -4.33. The summed E-state index contributed by atoms with van der Waals surface area (Å²) in [7, 11) is 1.66. The third-order valence-corrected chi connectivity index (χ3v) is 5.23. The van der Waals surface area contributed by atoms with Gasteiger partial charge in [0.25, 0.3) is 0 Å². The fourth-order valence-corrected chi connectivity index (χ4v) is 3.70. The van der Waals surface area contributed by atoms with Crippen molar-refractivity contribution in [3.8, 4) is 0 Å². The Morgan fingerprint density at radius 3 is 2.74 bits per heavy atom. The molecule has 0 spiro atoms. The Bertz CT molecular complexity index is 994. The highest BCUT2D eigenvalue weighted by Gasteiger charge is 2.29. The third-order valence-electron chi connectivity index (χ3n) is 4.21. The fraction of sp³-hybridized carbons (Fsp3) is 0.286. The van der Waals surface area contributed by atoms with Gasteiger partial charge in [0.05, 0.1) is 18.1 Å². The highest BCUT2D eigenvalue weighted by atomic mass is 32.2. The molecule has 1 amide bonds. The second kappa shape index (κ2) is 10.5. The number of thioether (sulfide) groups is 1. The molecule has 2 aromatic heterocycles. The summed E-state index contributed by atoms with van der Waals surface area (Å²) in [6.45, 7) is -0.964. The molecule has 10 heteroatoms. The minimum Gasteiger partial charge on any atom is -0.325 e. The first-order chi connectivity index (χ1) is 14.8. The maximum Gasteiger partial charge on any atom is 0.406 e. The Labute approximate surface area is 182 Å². The molecule has 1 aromatic carbocycles. The molecule has 164 valence electrons. The van der Waals surface area contributed by atoms with Gasteiger partial charge in [-0.05, 0) is 36.9 Å². The van der Waals surface area contributed by atoms with E-state index in [1.165, 1.54) is 12.4 Å². The summed E-state index contributed by atoms with van der Waals surface area (Å²) in [6, 6.07) is 13.2. The number of likely N-dealkylation sites (N-methyl/N-ethyl adjacent to an activating group) is 1. The maximum absolute atomic E-state index is 12.6. The first-order valence-corrected chi connectivity index (χ1v) is 10.4. The van der Waals surface area contributed by atoms with Crippen LogP contribution in [0.1, 0.15) is 11.4 Å². The average molecular weight is 450 g/mol. The normalized spacial score (nSPS) is 11.6. The van der Waals surface area contributed by atoms with Crippen LogP contribution in [0.2, 0.25) is 0 Å². The zero-order valence-electron chi connectivity index (χ0n) is 16.8. The number of pyridine rings is 1. The van der Waals surface area contributed by atoms with Crippen molar-refractivity contribution in [3.05, 3.63) is 72.4 Å². The predicted molar refractivity (Wildman–Crippen MR) is 113 cm³/mol. The van der Waals surface area contributed by atoms with Crippen LogP contribution >= 0.6 is 11.8 Å². The van der Waals surface area contributed by atoms with Crippen LogP contribution in [0, 0.1) is 0 Å². The van der Waals surface area contributed by atoms with Gasteiger partial charge in [0.1, 0.15) is 12.4 Å². The summed E-state index contributed by atoms with van der Waals surface area (Å²) in [4.78, 5) is 22.2. The number of halogens is 3. The molecule has 0 radical (unpaired) electrons. The monoisotopic (exact) mass is 449 g/mol. The van der Waals surface area contributed by atoms with Crippen molar-refractivity contribution in [2.75, 3.05) is 18.9 Å². The number of hydrogen-bond acceptors (Lipinski definition) is 5. The average Bonchev–Trinajstić information content (AvgIpc) is 3.12. The van der Waals surface area contributed by atoms with E-state index < -0.39 is 12.7 Å². The third kappa shape index (κ3) is 7.72. The van der Waals surface area contributed by atoms with Gasteiger partial charge in [0, 0.05) is 30.0 Å². The van der Waals surface area contributed by atoms with E-state index in [1.807, 2.05) is 36.4 Å². The van der Waals surface area contributed by atoms with Crippen LogP contribution in [0.3, 0.4) is 0 Å². The number of carbonyl (C=O) groups is 1. The van der Waals surface area contributed by atoms with Crippen LogP contribution < -0.4 is 5.32 Å². The highest BCUT2D eigenvalue weighted by molar-refractivity contribution is 7.98. The number of nitrogens with one attached hydrogen (secondary N) is 1. The van der Waals surface area contributed by atoms with Gasteiger partial charge in [-0.2, -0.15) is 13.2 Å². The second-order valence-corrected chi connectivity index (χ2v) is 7.96. The van der Waals surface area contributed by atoms with Crippen molar-refractivity contribution in [2.24, 2.45) is 0 Å². The quantitative estimate of drug-likeness (QED) is 0.496. The lowest BCUT2D eigenvalue weighted by atomic mass is 10.2. The molecule has 0 aliphatic carbocycles. The number of nitrogens with zero attached hydrogens (tertiary/aromatic N) is 4. The fourth-order valence-electron chi connectivity index (χ4n) is 2.90. The molecule has 0 atom stereocenters. The van der Waals surface area contributed by atoms with Gasteiger partial charge in [0.2, 0.25) is 5.91 Å². The molecule has 3 rings (SSSR count). The number of alkyl halides is 3. The summed E-state index contributed by atoms with van der Waals surface area (Å²) >= 11 is 1.60. The number of hydrogen-bond donors (Lipinski definition) is 1. The maximum atomic E-state index is 12.6. The molecule has 0 bridgehead atoms. The van der Waals surface area contributed by atoms with Crippen molar-refractivity contribution in [3.63, 3.8) is 0 Å². The van der Waals surface area contributed by atoms with Crippen LogP contribution in [0.5, 0.6) is 0 Å². The first-order valence-electron chi connectivity index (χ1n) is 9.46. The zero-order chi connectivity index (χ0) is 22.3. The molecule has 0 fully saturated rings. The number of amides is 1. The standard InChI is InChI=1S/C21H22F3N5OS/c1-28(12-18-25-9-10-29(18)15-21(22,23)24)13-19(30)27-17-6-4-5-16(11-17)14-31-20-7-2-3-8-26-20/h2-11H,12-15H2,1H3,(H,27,30). The van der Waals surface area contributed by atoms with Crippen molar-refractivity contribution in [2.45, 2.75) is 30.0 Å². The number of rotatable bonds is 9. The molecular weight excluding hydrogens is 427 g/mol. The van der Waals surface area contributed by atoms with Crippen LogP contribution in [-0.2, 0) is 23.6 Å². The summed E-state index contributed by atoms with van der Waals surface area (Å²) < 4.78 is 39.0. The van der Waals surface area contributed by atoms with Gasteiger partial charge in [-0.15, -0.1) is 11.8 Å². The lowest BCUT2D eigenvalue weighted by Crippen LogP contribution is -2.31. The van der Waals surface area contributed by atoms with E-state index in [1.54, 1.807) is 36.0 Å². The Balaban J connectivity index is 1.51. The van der Waals surface area contributed by atoms with E-state index in [9.17, 15) is 18.0 Å². The van der Waals surface area contributed by atoms with Crippen molar-refractivity contribution < 1.29 is 18.0 Å². The molecule has 0 unspecified atom stereocenters. The van der Waals surface area contributed by atoms with Gasteiger partial charge in [-0.25, -0.2) is 9.97 Å². The Morgan fingerprint density at radius 1 is 1.16 bits per heavy atom. The smallest absolute Gasteiger partial charge is 0.325 e. The van der Waals surface area contributed by atoms with Crippen molar-refractivity contribution >= 4 is 23.4 Å². The second-order valence-electron chi connectivity index (χ2n) is 6.96. The van der Waals surface area contributed by atoms with Crippen molar-refractivity contribution in [1.82, 2.24) is 19.4 Å². The molecule has 31 heavy (non-hydrogen) atoms. The van der Waals surface area contributed by atoms with Crippen LogP contribution in [0.15, 0.2) is 66.1 Å². The molecule has 0 saturated carbocycles. The van der Waals surface area contributed by atoms with Crippen LogP contribution in [0.4, 0.5) is 18.9 Å². The first kappa shape index (κ1) is 22.8. The van der Waals surface area contributed by atoms with Crippen LogP contribution in [-0.4, -0.2) is 45.1 Å². The van der Waals surface area contributed by atoms with Crippen molar-refractivity contribution in [1.29, 1.82) is 0 Å². The lowest BCUT2D eigenvalue weighted by Gasteiger charge is -2.18. The minimum absolute atomic E-state index is 0.0196. The molecule has 0 saturated heterocycles. The van der Waals surface area contributed by atoms with E-state index in [-0.39, 0.29) is 24.8 Å². The predicted octanol–water partition coefficient (Wildman–Crippen LogP) is 4.20. The number of aromatic nitrogens is 3. The molecule has 6 nitrogen and oxygen atoms in total. The van der Waals surface area contributed by atoms with Gasteiger partial charge in [0.15, 0.2) is 0 Å². The van der Waals surface area contributed by atoms with E-state index in [0.717, 1.165) is 15.2 Å². The largest absolute Gasteiger partial charge is 0.406 e. The summed E-state index contributed by atoms with van der Waals surface area (Å²) in [6.07, 6.45) is 0.0188.